The summed E-state index contributed by atoms with van der Waals surface area (Å²) in [6.45, 7) is 13.7. The van der Waals surface area contributed by atoms with Crippen molar-refractivity contribution in [2.75, 3.05) is 32.8 Å². The third-order valence-electron chi connectivity index (χ3n) is 4.22. The number of morpholine rings is 1. The van der Waals surface area contributed by atoms with Crippen LogP contribution in [0.25, 0.3) is 0 Å². The Bertz CT molecular complexity index is 648. The molecule has 0 aromatic heterocycles. The van der Waals surface area contributed by atoms with Gasteiger partial charge < -0.3 is 4.74 Å². The smallest absolute Gasteiger partial charge is 0.241 e. The second-order valence-corrected chi connectivity index (χ2v) is 8.93. The lowest BCUT2D eigenvalue weighted by molar-refractivity contribution is -0.0280. The van der Waals surface area contributed by atoms with E-state index < -0.39 is 10.0 Å². The first-order valence-electron chi connectivity index (χ1n) is 8.60. The van der Waals surface area contributed by atoms with Crippen molar-refractivity contribution in [3.05, 3.63) is 28.8 Å². The normalized spacial score (nSPS) is 19.8. The zero-order chi connectivity index (χ0) is 17.9. The number of nitrogens with one attached hydrogen (secondary N) is 1. The molecule has 0 spiro atoms. The summed E-state index contributed by atoms with van der Waals surface area (Å²) in [6, 6.07) is 3.81. The predicted octanol–water partition coefficient (Wildman–Crippen LogP) is 2.25. The number of rotatable bonds is 6. The second kappa shape index (κ2) is 7.95. The second-order valence-electron chi connectivity index (χ2n) is 7.23. The minimum Gasteiger partial charge on any atom is -0.374 e. The highest BCUT2D eigenvalue weighted by Crippen LogP contribution is 2.21. The predicted molar refractivity (Wildman–Crippen MR) is 96.9 cm³/mol. The first-order valence-corrected chi connectivity index (χ1v) is 10.1. The maximum Gasteiger partial charge on any atom is 0.241 e. The average molecular weight is 355 g/mol. The standard InChI is InChI=1S/C18H30N2O3S/c1-13(2)11-20-6-7-23-17(12-20)10-19-24(21,22)18-15(4)8-14(3)9-16(18)5/h8-9,13,17,19H,6-7,10-12H2,1-5H3. The van der Waals surface area contributed by atoms with Crippen LogP contribution in [0.5, 0.6) is 0 Å². The Kier molecular flexibility index (Phi) is 6.42. The largest absolute Gasteiger partial charge is 0.374 e. The molecule has 1 aromatic carbocycles. The van der Waals surface area contributed by atoms with Crippen molar-refractivity contribution >= 4 is 10.0 Å². The summed E-state index contributed by atoms with van der Waals surface area (Å²) in [7, 11) is -3.53. The van der Waals surface area contributed by atoms with Crippen LogP contribution in [-0.2, 0) is 14.8 Å². The molecule has 1 N–H and O–H groups in total. The van der Waals surface area contributed by atoms with Crippen LogP contribution < -0.4 is 4.72 Å². The summed E-state index contributed by atoms with van der Waals surface area (Å²) in [5, 5.41) is 0. The summed E-state index contributed by atoms with van der Waals surface area (Å²) in [5.41, 5.74) is 2.64. The molecule has 2 rings (SSSR count). The van der Waals surface area contributed by atoms with E-state index in [-0.39, 0.29) is 6.10 Å². The zero-order valence-corrected chi connectivity index (χ0v) is 16.2. The van der Waals surface area contributed by atoms with E-state index in [4.69, 9.17) is 4.74 Å². The Labute approximate surface area is 146 Å². The quantitative estimate of drug-likeness (QED) is 0.851. The van der Waals surface area contributed by atoms with Gasteiger partial charge in [0, 0.05) is 26.2 Å². The van der Waals surface area contributed by atoms with Gasteiger partial charge in [0.15, 0.2) is 0 Å². The molecular weight excluding hydrogens is 324 g/mol. The molecule has 1 saturated heterocycles. The van der Waals surface area contributed by atoms with Gasteiger partial charge in [0.1, 0.15) is 0 Å². The van der Waals surface area contributed by atoms with E-state index in [0.717, 1.165) is 36.3 Å². The van der Waals surface area contributed by atoms with Crippen LogP contribution in [0, 0.1) is 26.7 Å². The molecule has 0 radical (unpaired) electrons. The molecule has 1 heterocycles. The van der Waals surface area contributed by atoms with Gasteiger partial charge in [-0.2, -0.15) is 0 Å². The van der Waals surface area contributed by atoms with Crippen LogP contribution in [0.1, 0.15) is 30.5 Å². The monoisotopic (exact) mass is 354 g/mol. The lowest BCUT2D eigenvalue weighted by Gasteiger charge is -2.34. The number of hydrogen-bond donors (Lipinski definition) is 1. The first kappa shape index (κ1) is 19.4. The van der Waals surface area contributed by atoms with Crippen molar-refractivity contribution in [1.29, 1.82) is 0 Å². The molecule has 1 fully saturated rings. The number of nitrogens with zero attached hydrogens (tertiary/aromatic N) is 1. The van der Waals surface area contributed by atoms with E-state index in [1.165, 1.54) is 0 Å². The van der Waals surface area contributed by atoms with E-state index >= 15 is 0 Å². The fourth-order valence-electron chi connectivity index (χ4n) is 3.45. The lowest BCUT2D eigenvalue weighted by Crippen LogP contribution is -2.48. The SMILES string of the molecule is Cc1cc(C)c(S(=O)(=O)NCC2CN(CC(C)C)CCO2)c(C)c1. The molecule has 136 valence electrons. The van der Waals surface area contributed by atoms with Crippen LogP contribution in [0.3, 0.4) is 0 Å². The summed E-state index contributed by atoms with van der Waals surface area (Å²) in [4.78, 5) is 2.73. The van der Waals surface area contributed by atoms with Crippen molar-refractivity contribution in [1.82, 2.24) is 9.62 Å². The van der Waals surface area contributed by atoms with Crippen LogP contribution >= 0.6 is 0 Å². The van der Waals surface area contributed by atoms with Crippen LogP contribution in [-0.4, -0.2) is 52.2 Å². The van der Waals surface area contributed by atoms with Crippen molar-refractivity contribution in [2.45, 2.75) is 45.6 Å². The van der Waals surface area contributed by atoms with Crippen molar-refractivity contribution in [3.8, 4) is 0 Å². The first-order chi connectivity index (χ1) is 11.2. The van der Waals surface area contributed by atoms with Crippen LogP contribution in [0.4, 0.5) is 0 Å². The van der Waals surface area contributed by atoms with Crippen LogP contribution in [0.2, 0.25) is 0 Å². The molecule has 1 aliphatic rings. The Morgan fingerprint density at radius 2 is 1.88 bits per heavy atom. The molecule has 1 aliphatic heterocycles. The molecule has 0 amide bonds. The van der Waals surface area contributed by atoms with Gasteiger partial charge >= 0.3 is 0 Å². The Balaban J connectivity index is 2.03. The average Bonchev–Trinajstić information content (AvgIpc) is 2.43. The lowest BCUT2D eigenvalue weighted by atomic mass is 10.1. The zero-order valence-electron chi connectivity index (χ0n) is 15.4. The Morgan fingerprint density at radius 1 is 1.25 bits per heavy atom. The highest BCUT2D eigenvalue weighted by molar-refractivity contribution is 7.89. The number of benzene rings is 1. The van der Waals surface area contributed by atoms with Crippen molar-refractivity contribution in [3.63, 3.8) is 0 Å². The number of hydrogen-bond acceptors (Lipinski definition) is 4. The molecule has 0 aliphatic carbocycles. The van der Waals surface area contributed by atoms with E-state index in [2.05, 4.69) is 23.5 Å². The maximum absolute atomic E-state index is 12.7. The molecule has 1 atom stereocenters. The van der Waals surface area contributed by atoms with Gasteiger partial charge in [0.2, 0.25) is 10.0 Å². The van der Waals surface area contributed by atoms with Gasteiger partial charge in [-0.05, 0) is 37.8 Å². The minimum atomic E-state index is -3.53. The van der Waals surface area contributed by atoms with Crippen molar-refractivity contribution in [2.24, 2.45) is 5.92 Å². The molecule has 6 heteroatoms. The molecule has 1 unspecified atom stereocenters. The fraction of sp³-hybridized carbons (Fsp3) is 0.667. The summed E-state index contributed by atoms with van der Waals surface area (Å²) < 4.78 is 33.9. The number of aryl methyl sites for hydroxylation is 3. The highest BCUT2D eigenvalue weighted by atomic mass is 32.2. The molecule has 5 nitrogen and oxygen atoms in total. The van der Waals surface area contributed by atoms with E-state index in [1.807, 2.05) is 32.9 Å². The number of sulfonamides is 1. The molecule has 24 heavy (non-hydrogen) atoms. The molecule has 0 bridgehead atoms. The van der Waals surface area contributed by atoms with Gasteiger partial charge in [-0.3, -0.25) is 4.90 Å². The van der Waals surface area contributed by atoms with Gasteiger partial charge in [0.25, 0.3) is 0 Å². The third-order valence-corrected chi connectivity index (χ3v) is 5.95. The van der Waals surface area contributed by atoms with Gasteiger partial charge in [-0.1, -0.05) is 31.5 Å². The van der Waals surface area contributed by atoms with E-state index in [0.29, 0.717) is 24.0 Å². The van der Waals surface area contributed by atoms with Gasteiger partial charge in [-0.25, -0.2) is 13.1 Å². The summed E-state index contributed by atoms with van der Waals surface area (Å²) >= 11 is 0. The molecule has 1 aromatic rings. The summed E-state index contributed by atoms with van der Waals surface area (Å²) in [5.74, 6) is 0.596. The van der Waals surface area contributed by atoms with Gasteiger partial charge in [0.05, 0.1) is 17.6 Å². The Hall–Kier alpha value is -0.950. The summed E-state index contributed by atoms with van der Waals surface area (Å²) in [6.07, 6.45) is -0.0988. The topological polar surface area (TPSA) is 58.6 Å². The molecular formula is C18H30N2O3S. The van der Waals surface area contributed by atoms with Gasteiger partial charge in [-0.15, -0.1) is 0 Å². The van der Waals surface area contributed by atoms with Crippen LogP contribution in [0.15, 0.2) is 17.0 Å². The number of ether oxygens (including phenoxy) is 1. The van der Waals surface area contributed by atoms with E-state index in [1.54, 1.807) is 0 Å². The van der Waals surface area contributed by atoms with Crippen molar-refractivity contribution < 1.29 is 13.2 Å². The van der Waals surface area contributed by atoms with E-state index in [9.17, 15) is 8.42 Å². The fourth-order valence-corrected chi connectivity index (χ4v) is 4.97. The molecule has 0 saturated carbocycles. The minimum absolute atomic E-state index is 0.0988. The third kappa shape index (κ3) is 5.02. The maximum atomic E-state index is 12.7. The Morgan fingerprint density at radius 3 is 2.46 bits per heavy atom. The highest BCUT2D eigenvalue weighted by Gasteiger charge is 2.25.